The summed E-state index contributed by atoms with van der Waals surface area (Å²) in [6.45, 7) is 4.01. The third-order valence-corrected chi connectivity index (χ3v) is 3.73. The number of hydrogen-bond acceptors (Lipinski definition) is 3. The molecule has 1 aliphatic rings. The molecule has 0 spiro atoms. The molecule has 1 saturated heterocycles. The largest absolute Gasteiger partial charge is 0.380 e. The summed E-state index contributed by atoms with van der Waals surface area (Å²) in [6, 6.07) is 8.02. The fourth-order valence-electron chi connectivity index (χ4n) is 2.49. The number of ether oxygens (including phenoxy) is 1. The van der Waals surface area contributed by atoms with E-state index in [2.05, 4.69) is 10.6 Å². The molecular formula is C15H22N2O2. The van der Waals surface area contributed by atoms with Gasteiger partial charge in [-0.1, -0.05) is 24.3 Å². The van der Waals surface area contributed by atoms with E-state index in [0.29, 0.717) is 13.2 Å². The minimum absolute atomic E-state index is 0.0808. The van der Waals surface area contributed by atoms with E-state index in [0.717, 1.165) is 30.5 Å². The maximum atomic E-state index is 12.2. The van der Waals surface area contributed by atoms with E-state index in [1.807, 2.05) is 31.2 Å². The molecule has 1 aromatic rings. The molecule has 1 amide bonds. The average Bonchev–Trinajstić information content (AvgIpc) is 2.86. The van der Waals surface area contributed by atoms with Crippen LogP contribution in [0.1, 0.15) is 30.9 Å². The first-order valence-corrected chi connectivity index (χ1v) is 6.75. The molecular weight excluding hydrogens is 240 g/mol. The topological polar surface area (TPSA) is 50.4 Å². The van der Waals surface area contributed by atoms with Crippen molar-refractivity contribution in [1.29, 1.82) is 0 Å². The van der Waals surface area contributed by atoms with Gasteiger partial charge in [0.2, 0.25) is 5.91 Å². The number of carbonyl (C=O) groups is 1. The maximum absolute atomic E-state index is 12.2. The number of nitrogens with one attached hydrogen (secondary N) is 2. The molecule has 4 nitrogen and oxygen atoms in total. The molecule has 1 unspecified atom stereocenters. The lowest BCUT2D eigenvalue weighted by Crippen LogP contribution is -2.50. The fraction of sp³-hybridized carbons (Fsp3) is 0.533. The van der Waals surface area contributed by atoms with E-state index >= 15 is 0 Å². The Morgan fingerprint density at radius 1 is 1.42 bits per heavy atom. The summed E-state index contributed by atoms with van der Waals surface area (Å²) < 4.78 is 5.17. The van der Waals surface area contributed by atoms with E-state index in [9.17, 15) is 4.79 Å². The van der Waals surface area contributed by atoms with Crippen LogP contribution >= 0.6 is 0 Å². The normalized spacial score (nSPS) is 22.4. The van der Waals surface area contributed by atoms with Crippen LogP contribution < -0.4 is 10.6 Å². The van der Waals surface area contributed by atoms with Crippen molar-refractivity contribution < 1.29 is 9.53 Å². The first kappa shape index (κ1) is 14.0. The van der Waals surface area contributed by atoms with Gasteiger partial charge in [-0.05, 0) is 37.4 Å². The molecule has 0 aliphatic carbocycles. The second-order valence-electron chi connectivity index (χ2n) is 5.25. The summed E-state index contributed by atoms with van der Waals surface area (Å²) in [4.78, 5) is 12.2. The molecule has 1 heterocycles. The Morgan fingerprint density at radius 3 is 2.79 bits per heavy atom. The SMILES string of the molecule is COCc1ccccc1CNC(=O)C1(C)CCCN1. The van der Waals surface area contributed by atoms with Crippen molar-refractivity contribution >= 4 is 5.91 Å². The minimum atomic E-state index is -0.407. The summed E-state index contributed by atoms with van der Waals surface area (Å²) in [5.41, 5.74) is 1.82. The van der Waals surface area contributed by atoms with Gasteiger partial charge in [-0.15, -0.1) is 0 Å². The third kappa shape index (κ3) is 3.33. The highest BCUT2D eigenvalue weighted by Crippen LogP contribution is 2.19. The van der Waals surface area contributed by atoms with Crippen molar-refractivity contribution in [2.75, 3.05) is 13.7 Å². The monoisotopic (exact) mass is 262 g/mol. The molecule has 0 saturated carbocycles. The van der Waals surface area contributed by atoms with Gasteiger partial charge >= 0.3 is 0 Å². The van der Waals surface area contributed by atoms with Crippen LogP contribution in [0, 0.1) is 0 Å². The summed E-state index contributed by atoms with van der Waals surface area (Å²) in [6.07, 6.45) is 1.96. The lowest BCUT2D eigenvalue weighted by Gasteiger charge is -2.23. The van der Waals surface area contributed by atoms with Crippen molar-refractivity contribution in [2.24, 2.45) is 0 Å². The highest BCUT2D eigenvalue weighted by Gasteiger charge is 2.35. The van der Waals surface area contributed by atoms with E-state index in [4.69, 9.17) is 4.74 Å². The van der Waals surface area contributed by atoms with E-state index < -0.39 is 5.54 Å². The molecule has 2 rings (SSSR count). The molecule has 0 aromatic heterocycles. The van der Waals surface area contributed by atoms with Crippen molar-refractivity contribution in [2.45, 2.75) is 38.5 Å². The Hall–Kier alpha value is -1.39. The van der Waals surface area contributed by atoms with Crippen LogP contribution in [0.25, 0.3) is 0 Å². The van der Waals surface area contributed by atoms with Crippen molar-refractivity contribution in [3.05, 3.63) is 35.4 Å². The standard InChI is InChI=1S/C15H22N2O2/c1-15(8-5-9-17-15)14(18)16-10-12-6-3-4-7-13(12)11-19-2/h3-4,6-7,17H,5,8-11H2,1-2H3,(H,16,18). The first-order chi connectivity index (χ1) is 9.15. The first-order valence-electron chi connectivity index (χ1n) is 6.75. The van der Waals surface area contributed by atoms with Gasteiger partial charge in [0.15, 0.2) is 0 Å². The van der Waals surface area contributed by atoms with Gasteiger partial charge in [0.05, 0.1) is 12.1 Å². The number of rotatable bonds is 5. The van der Waals surface area contributed by atoms with Crippen LogP contribution in [0.15, 0.2) is 24.3 Å². The summed E-state index contributed by atoms with van der Waals surface area (Å²) in [5, 5.41) is 6.30. The zero-order valence-corrected chi connectivity index (χ0v) is 11.7. The number of hydrogen-bond donors (Lipinski definition) is 2. The summed E-state index contributed by atoms with van der Waals surface area (Å²) in [7, 11) is 1.68. The lowest BCUT2D eigenvalue weighted by molar-refractivity contribution is -0.126. The minimum Gasteiger partial charge on any atom is -0.380 e. The molecule has 1 aromatic carbocycles. The smallest absolute Gasteiger partial charge is 0.240 e. The Bertz CT molecular complexity index is 440. The number of methoxy groups -OCH3 is 1. The Balaban J connectivity index is 1.97. The van der Waals surface area contributed by atoms with E-state index in [-0.39, 0.29) is 5.91 Å². The molecule has 1 atom stereocenters. The van der Waals surface area contributed by atoms with Crippen LogP contribution in [0.2, 0.25) is 0 Å². The number of carbonyl (C=O) groups excluding carboxylic acids is 1. The van der Waals surface area contributed by atoms with Crippen LogP contribution in [-0.2, 0) is 22.7 Å². The van der Waals surface area contributed by atoms with Crippen molar-refractivity contribution in [3.63, 3.8) is 0 Å². The van der Waals surface area contributed by atoms with Gasteiger partial charge in [0, 0.05) is 13.7 Å². The average molecular weight is 262 g/mol. The Morgan fingerprint density at radius 2 is 2.16 bits per heavy atom. The molecule has 104 valence electrons. The number of benzene rings is 1. The second kappa shape index (κ2) is 6.17. The molecule has 4 heteroatoms. The van der Waals surface area contributed by atoms with E-state index in [1.165, 1.54) is 0 Å². The van der Waals surface area contributed by atoms with Gasteiger partial charge < -0.3 is 15.4 Å². The summed E-state index contributed by atoms with van der Waals surface area (Å²) >= 11 is 0. The molecule has 1 fully saturated rings. The van der Waals surface area contributed by atoms with Gasteiger partial charge in [0.25, 0.3) is 0 Å². The van der Waals surface area contributed by atoms with Crippen LogP contribution in [-0.4, -0.2) is 25.1 Å². The second-order valence-corrected chi connectivity index (χ2v) is 5.25. The van der Waals surface area contributed by atoms with Gasteiger partial charge in [0.1, 0.15) is 0 Å². The van der Waals surface area contributed by atoms with Crippen LogP contribution in [0.5, 0.6) is 0 Å². The zero-order valence-electron chi connectivity index (χ0n) is 11.7. The Labute approximate surface area is 114 Å². The van der Waals surface area contributed by atoms with E-state index in [1.54, 1.807) is 7.11 Å². The highest BCUT2D eigenvalue weighted by atomic mass is 16.5. The van der Waals surface area contributed by atoms with Crippen molar-refractivity contribution in [3.8, 4) is 0 Å². The summed E-state index contributed by atoms with van der Waals surface area (Å²) in [5.74, 6) is 0.0808. The zero-order chi connectivity index (χ0) is 13.7. The van der Waals surface area contributed by atoms with Crippen LogP contribution in [0.4, 0.5) is 0 Å². The van der Waals surface area contributed by atoms with Crippen molar-refractivity contribution in [1.82, 2.24) is 10.6 Å². The molecule has 0 radical (unpaired) electrons. The van der Waals surface area contributed by atoms with Gasteiger partial charge in [-0.3, -0.25) is 4.79 Å². The molecule has 2 N–H and O–H groups in total. The molecule has 1 aliphatic heterocycles. The predicted molar refractivity (Wildman–Crippen MR) is 74.6 cm³/mol. The fourth-order valence-corrected chi connectivity index (χ4v) is 2.49. The highest BCUT2D eigenvalue weighted by molar-refractivity contribution is 5.86. The molecule has 19 heavy (non-hydrogen) atoms. The van der Waals surface area contributed by atoms with Gasteiger partial charge in [-0.2, -0.15) is 0 Å². The quantitative estimate of drug-likeness (QED) is 0.847. The van der Waals surface area contributed by atoms with Gasteiger partial charge in [-0.25, -0.2) is 0 Å². The van der Waals surface area contributed by atoms with Crippen LogP contribution in [0.3, 0.4) is 0 Å². The predicted octanol–water partition coefficient (Wildman–Crippen LogP) is 1.59. The Kier molecular flexibility index (Phi) is 4.56. The third-order valence-electron chi connectivity index (χ3n) is 3.73. The maximum Gasteiger partial charge on any atom is 0.240 e. The number of amides is 1. The lowest BCUT2D eigenvalue weighted by atomic mass is 9.99. The molecule has 0 bridgehead atoms.